The van der Waals surface area contributed by atoms with Crippen LogP contribution in [0, 0.1) is 6.92 Å². The van der Waals surface area contributed by atoms with Crippen LogP contribution >= 0.6 is 0 Å². The number of nitrogen functional groups attached to an aromatic ring is 1. The second kappa shape index (κ2) is 7.28. The first-order valence-electron chi connectivity index (χ1n) is 6.94. The molecule has 0 atom stereocenters. The molecular weight excluding hydrogens is 238 g/mol. The highest BCUT2D eigenvalue weighted by Gasteiger charge is 2.10. The molecule has 0 fully saturated rings. The Morgan fingerprint density at radius 3 is 2.47 bits per heavy atom. The van der Waals surface area contributed by atoms with E-state index in [9.17, 15) is 0 Å². The number of anilines is 2. The fourth-order valence-electron chi connectivity index (χ4n) is 1.74. The Balaban J connectivity index is 2.57. The van der Waals surface area contributed by atoms with Gasteiger partial charge in [0.15, 0.2) is 0 Å². The van der Waals surface area contributed by atoms with E-state index >= 15 is 0 Å². The van der Waals surface area contributed by atoms with E-state index in [1.54, 1.807) is 0 Å². The molecule has 108 valence electrons. The average Bonchev–Trinajstić information content (AvgIpc) is 2.33. The van der Waals surface area contributed by atoms with Crippen LogP contribution in [0.15, 0.2) is 0 Å². The molecule has 0 aromatic carbocycles. The predicted octanol–water partition coefficient (Wildman–Crippen LogP) is 2.24. The summed E-state index contributed by atoms with van der Waals surface area (Å²) >= 11 is 0. The molecule has 3 N–H and O–H groups in total. The van der Waals surface area contributed by atoms with Crippen LogP contribution in [0.25, 0.3) is 0 Å². The van der Waals surface area contributed by atoms with Crippen LogP contribution in [0.5, 0.6) is 0 Å². The number of unbranched alkanes of at least 4 members (excludes halogenated alkanes) is 1. The number of nitrogens with two attached hydrogens (primary N) is 1. The van der Waals surface area contributed by atoms with Gasteiger partial charge in [-0.1, -0.05) is 13.8 Å². The molecule has 0 saturated heterocycles. The number of rotatable bonds is 7. The van der Waals surface area contributed by atoms with Crippen molar-refractivity contribution in [3.05, 3.63) is 11.4 Å². The summed E-state index contributed by atoms with van der Waals surface area (Å²) in [6, 6.07) is 0. The summed E-state index contributed by atoms with van der Waals surface area (Å²) in [6.45, 7) is 8.14. The van der Waals surface area contributed by atoms with E-state index in [0.717, 1.165) is 36.7 Å². The van der Waals surface area contributed by atoms with Gasteiger partial charge in [-0.3, -0.25) is 0 Å². The normalized spacial score (nSPS) is 11.3. The van der Waals surface area contributed by atoms with E-state index in [2.05, 4.69) is 48.1 Å². The van der Waals surface area contributed by atoms with E-state index in [-0.39, 0.29) is 5.92 Å². The maximum Gasteiger partial charge on any atom is 0.135 e. The second-order valence-electron chi connectivity index (χ2n) is 5.53. The van der Waals surface area contributed by atoms with Gasteiger partial charge in [0.1, 0.15) is 17.5 Å². The van der Waals surface area contributed by atoms with Gasteiger partial charge in [0.2, 0.25) is 0 Å². The highest BCUT2D eigenvalue weighted by molar-refractivity contribution is 5.54. The van der Waals surface area contributed by atoms with E-state index < -0.39 is 0 Å². The summed E-state index contributed by atoms with van der Waals surface area (Å²) in [5.41, 5.74) is 6.87. The molecule has 0 saturated carbocycles. The third kappa shape index (κ3) is 5.03. The Morgan fingerprint density at radius 1 is 1.21 bits per heavy atom. The summed E-state index contributed by atoms with van der Waals surface area (Å²) < 4.78 is 0. The van der Waals surface area contributed by atoms with Crippen molar-refractivity contribution in [1.82, 2.24) is 14.9 Å². The Morgan fingerprint density at radius 2 is 1.89 bits per heavy atom. The third-order valence-corrected chi connectivity index (χ3v) is 3.04. The van der Waals surface area contributed by atoms with Crippen molar-refractivity contribution in [2.24, 2.45) is 0 Å². The minimum atomic E-state index is 0.289. The fourth-order valence-corrected chi connectivity index (χ4v) is 1.74. The summed E-state index contributed by atoms with van der Waals surface area (Å²) in [5.74, 6) is 2.55. The van der Waals surface area contributed by atoms with Crippen molar-refractivity contribution in [2.45, 2.75) is 39.5 Å². The lowest BCUT2D eigenvalue weighted by molar-refractivity contribution is 0.396. The molecule has 0 spiro atoms. The maximum atomic E-state index is 5.93. The number of nitrogens with zero attached hydrogens (tertiary/aromatic N) is 3. The zero-order valence-corrected chi connectivity index (χ0v) is 12.8. The molecule has 0 unspecified atom stereocenters. The standard InChI is InChI=1S/C14H27N5/c1-10(2)13-17-12(15)11(3)14(18-13)16-8-6-7-9-19(4)5/h10H,6-9H2,1-5H3,(H3,15,16,17,18). The number of hydrogen-bond donors (Lipinski definition) is 2. The molecule has 1 aromatic rings. The minimum absolute atomic E-state index is 0.289. The summed E-state index contributed by atoms with van der Waals surface area (Å²) in [5, 5.41) is 3.37. The summed E-state index contributed by atoms with van der Waals surface area (Å²) in [4.78, 5) is 11.1. The fraction of sp³-hybridized carbons (Fsp3) is 0.714. The van der Waals surface area contributed by atoms with Crippen LogP contribution < -0.4 is 11.1 Å². The number of aromatic nitrogens is 2. The lowest BCUT2D eigenvalue weighted by atomic mass is 10.2. The molecule has 1 aromatic heterocycles. The van der Waals surface area contributed by atoms with Crippen LogP contribution in [0.1, 0.15) is 44.0 Å². The van der Waals surface area contributed by atoms with Gasteiger partial charge in [-0.15, -0.1) is 0 Å². The van der Waals surface area contributed by atoms with Gasteiger partial charge in [-0.2, -0.15) is 0 Å². The molecule has 0 aliphatic rings. The van der Waals surface area contributed by atoms with E-state index in [4.69, 9.17) is 5.73 Å². The molecule has 1 rings (SSSR count). The third-order valence-electron chi connectivity index (χ3n) is 3.04. The zero-order valence-electron chi connectivity index (χ0n) is 12.8. The van der Waals surface area contributed by atoms with Gasteiger partial charge in [0.05, 0.1) is 0 Å². The number of nitrogens with one attached hydrogen (secondary N) is 1. The summed E-state index contributed by atoms with van der Waals surface area (Å²) in [6.07, 6.45) is 2.30. The zero-order chi connectivity index (χ0) is 14.4. The molecule has 0 radical (unpaired) electrons. The van der Waals surface area contributed by atoms with Crippen molar-refractivity contribution >= 4 is 11.6 Å². The molecule has 0 bridgehead atoms. The second-order valence-corrected chi connectivity index (χ2v) is 5.53. The van der Waals surface area contributed by atoms with Crippen LogP contribution in [0.2, 0.25) is 0 Å². The minimum Gasteiger partial charge on any atom is -0.383 e. The topological polar surface area (TPSA) is 67.1 Å². The first-order chi connectivity index (χ1) is 8.91. The highest BCUT2D eigenvalue weighted by Crippen LogP contribution is 2.20. The van der Waals surface area contributed by atoms with Gasteiger partial charge in [-0.25, -0.2) is 9.97 Å². The lowest BCUT2D eigenvalue weighted by Crippen LogP contribution is -2.15. The molecule has 19 heavy (non-hydrogen) atoms. The molecule has 5 nitrogen and oxygen atoms in total. The van der Waals surface area contributed by atoms with Gasteiger partial charge >= 0.3 is 0 Å². The quantitative estimate of drug-likeness (QED) is 0.740. The Bertz CT molecular complexity index is 401. The molecule has 0 aliphatic heterocycles. The SMILES string of the molecule is Cc1c(N)nc(C(C)C)nc1NCCCCN(C)C. The highest BCUT2D eigenvalue weighted by atomic mass is 15.1. The van der Waals surface area contributed by atoms with Crippen LogP contribution in [0.3, 0.4) is 0 Å². The largest absolute Gasteiger partial charge is 0.383 e. The van der Waals surface area contributed by atoms with E-state index in [1.165, 1.54) is 6.42 Å². The van der Waals surface area contributed by atoms with Gasteiger partial charge < -0.3 is 16.0 Å². The molecule has 0 aliphatic carbocycles. The number of hydrogen-bond acceptors (Lipinski definition) is 5. The van der Waals surface area contributed by atoms with Gasteiger partial charge in [-0.05, 0) is 40.4 Å². The van der Waals surface area contributed by atoms with Gasteiger partial charge in [0.25, 0.3) is 0 Å². The predicted molar refractivity (Wildman–Crippen MR) is 81.5 cm³/mol. The summed E-state index contributed by atoms with van der Waals surface area (Å²) in [7, 11) is 4.19. The van der Waals surface area contributed by atoms with Crippen molar-refractivity contribution in [1.29, 1.82) is 0 Å². The lowest BCUT2D eigenvalue weighted by Gasteiger charge is -2.14. The van der Waals surface area contributed by atoms with Crippen molar-refractivity contribution in [3.63, 3.8) is 0 Å². The molecule has 0 amide bonds. The van der Waals surface area contributed by atoms with Crippen LogP contribution in [-0.4, -0.2) is 42.1 Å². The monoisotopic (exact) mass is 265 g/mol. The Kier molecular flexibility index (Phi) is 6.02. The van der Waals surface area contributed by atoms with Crippen molar-refractivity contribution in [3.8, 4) is 0 Å². The molecular formula is C14H27N5. The maximum absolute atomic E-state index is 5.93. The first-order valence-corrected chi connectivity index (χ1v) is 6.94. The van der Waals surface area contributed by atoms with Gasteiger partial charge in [0, 0.05) is 18.0 Å². The van der Waals surface area contributed by atoms with Crippen molar-refractivity contribution in [2.75, 3.05) is 38.2 Å². The van der Waals surface area contributed by atoms with Crippen molar-refractivity contribution < 1.29 is 0 Å². The molecule has 1 heterocycles. The van der Waals surface area contributed by atoms with E-state index in [0.29, 0.717) is 5.82 Å². The Labute approximate surface area is 116 Å². The van der Waals surface area contributed by atoms with E-state index in [1.807, 2.05) is 6.92 Å². The average molecular weight is 265 g/mol. The molecule has 5 heteroatoms. The van der Waals surface area contributed by atoms with Crippen LogP contribution in [0.4, 0.5) is 11.6 Å². The first kappa shape index (κ1) is 15.7. The smallest absolute Gasteiger partial charge is 0.135 e. The Hall–Kier alpha value is -1.36. The van der Waals surface area contributed by atoms with Crippen LogP contribution in [-0.2, 0) is 0 Å².